The fourth-order valence-electron chi connectivity index (χ4n) is 3.21. The summed E-state index contributed by atoms with van der Waals surface area (Å²) in [4.78, 5) is 33.9. The topological polar surface area (TPSA) is 66.0 Å². The molecule has 124 valence electrons. The van der Waals surface area contributed by atoms with Gasteiger partial charge in [-0.2, -0.15) is 0 Å². The summed E-state index contributed by atoms with van der Waals surface area (Å²) >= 11 is 0. The number of nitrogens with zero attached hydrogens (tertiary/aromatic N) is 4. The Morgan fingerprint density at radius 2 is 2.17 bits per heavy atom. The number of ether oxygens (including phenoxy) is 1. The third-order valence-corrected chi connectivity index (χ3v) is 4.68. The van der Waals surface area contributed by atoms with Gasteiger partial charge >= 0.3 is 6.09 Å². The first-order valence-electron chi connectivity index (χ1n) is 7.85. The van der Waals surface area contributed by atoms with Crippen LogP contribution < -0.4 is 4.90 Å². The molecule has 1 unspecified atom stereocenters. The number of fused-ring (bicyclic) bond motifs is 1. The number of carbonyl (C=O) groups is 2. The molecule has 7 nitrogen and oxygen atoms in total. The first-order chi connectivity index (χ1) is 11.0. The highest BCUT2D eigenvalue weighted by atomic mass is 16.6. The number of piperazine rings is 1. The zero-order valence-corrected chi connectivity index (χ0v) is 13.8. The number of pyridine rings is 1. The Balaban J connectivity index is 1.85. The van der Waals surface area contributed by atoms with Gasteiger partial charge in [-0.15, -0.1) is 0 Å². The Hall–Kier alpha value is -2.31. The maximum absolute atomic E-state index is 12.1. The Kier molecular flexibility index (Phi) is 3.87. The van der Waals surface area contributed by atoms with Crippen molar-refractivity contribution in [3.05, 3.63) is 23.9 Å². The van der Waals surface area contributed by atoms with Crippen molar-refractivity contribution in [1.82, 2.24) is 14.8 Å². The van der Waals surface area contributed by atoms with Gasteiger partial charge in [-0.05, 0) is 18.6 Å². The van der Waals surface area contributed by atoms with Gasteiger partial charge in [0.2, 0.25) is 0 Å². The van der Waals surface area contributed by atoms with Crippen molar-refractivity contribution in [3.8, 4) is 0 Å². The smallest absolute Gasteiger partial charge is 0.410 e. The van der Waals surface area contributed by atoms with E-state index in [1.54, 1.807) is 20.2 Å². The minimum atomic E-state index is -0.293. The van der Waals surface area contributed by atoms with Crippen LogP contribution in [0.2, 0.25) is 0 Å². The maximum atomic E-state index is 12.1. The van der Waals surface area contributed by atoms with E-state index < -0.39 is 0 Å². The number of rotatable bonds is 3. The van der Waals surface area contributed by atoms with Gasteiger partial charge in [0.05, 0.1) is 5.54 Å². The number of amides is 2. The highest BCUT2D eigenvalue weighted by molar-refractivity contribution is 5.92. The molecule has 3 heterocycles. The number of carbonyl (C=O) groups excluding carboxylic acids is 2. The summed E-state index contributed by atoms with van der Waals surface area (Å²) in [7, 11) is 3.42. The third kappa shape index (κ3) is 2.60. The molecule has 0 aliphatic carbocycles. The highest BCUT2D eigenvalue weighted by Crippen LogP contribution is 2.33. The molecule has 1 aromatic rings. The second-order valence-electron chi connectivity index (χ2n) is 6.29. The van der Waals surface area contributed by atoms with Crippen LogP contribution in [0.3, 0.4) is 0 Å². The predicted molar refractivity (Wildman–Crippen MR) is 85.5 cm³/mol. The zero-order chi connectivity index (χ0) is 16.6. The molecule has 0 bridgehead atoms. The standard InChI is InChI=1S/C16H22N4O3/c1-4-16-10-19(8-9-20(16)15(22)23-11-16)13-7-5-6-12(17-13)14(21)18(2)3/h5-7H,4,8-11H2,1-3H3. The van der Waals surface area contributed by atoms with Crippen LogP contribution in [0, 0.1) is 0 Å². The van der Waals surface area contributed by atoms with Gasteiger partial charge in [-0.3, -0.25) is 9.69 Å². The van der Waals surface area contributed by atoms with Gasteiger partial charge in [0.1, 0.15) is 18.1 Å². The molecule has 0 N–H and O–H groups in total. The Labute approximate surface area is 135 Å². The van der Waals surface area contributed by atoms with Crippen LogP contribution in [-0.2, 0) is 4.74 Å². The SMILES string of the molecule is CCC12COC(=O)N1CCN(c1cccc(C(=O)N(C)C)n1)C2. The molecule has 2 fully saturated rings. The Bertz CT molecular complexity index is 634. The monoisotopic (exact) mass is 318 g/mol. The molecule has 2 aliphatic heterocycles. The molecule has 23 heavy (non-hydrogen) atoms. The van der Waals surface area contributed by atoms with Crippen LogP contribution in [0.1, 0.15) is 23.8 Å². The van der Waals surface area contributed by atoms with Gasteiger partial charge < -0.3 is 14.5 Å². The molecule has 0 saturated carbocycles. The van der Waals surface area contributed by atoms with Crippen molar-refractivity contribution in [2.75, 3.05) is 45.2 Å². The van der Waals surface area contributed by atoms with Crippen LogP contribution in [0.4, 0.5) is 10.6 Å². The molecule has 7 heteroatoms. The van der Waals surface area contributed by atoms with Gasteiger partial charge in [0, 0.05) is 33.7 Å². The van der Waals surface area contributed by atoms with E-state index in [1.165, 1.54) is 4.90 Å². The summed E-state index contributed by atoms with van der Waals surface area (Å²) in [5, 5.41) is 0. The Morgan fingerprint density at radius 3 is 2.87 bits per heavy atom. The van der Waals surface area contributed by atoms with Crippen LogP contribution >= 0.6 is 0 Å². The van der Waals surface area contributed by atoms with E-state index in [4.69, 9.17) is 4.74 Å². The molecule has 1 aromatic heterocycles. The normalized spacial score (nSPS) is 23.5. The lowest BCUT2D eigenvalue weighted by molar-refractivity contribution is 0.0822. The van der Waals surface area contributed by atoms with Crippen LogP contribution in [0.15, 0.2) is 18.2 Å². The maximum Gasteiger partial charge on any atom is 0.410 e. The molecular weight excluding hydrogens is 296 g/mol. The minimum absolute atomic E-state index is 0.116. The molecule has 1 atom stereocenters. The molecule has 2 amide bonds. The van der Waals surface area contributed by atoms with E-state index in [9.17, 15) is 9.59 Å². The average molecular weight is 318 g/mol. The minimum Gasteiger partial charge on any atom is -0.447 e. The van der Waals surface area contributed by atoms with Gasteiger partial charge in [0.25, 0.3) is 5.91 Å². The predicted octanol–water partition coefficient (Wildman–Crippen LogP) is 1.20. The molecule has 2 aliphatic rings. The fourth-order valence-corrected chi connectivity index (χ4v) is 3.21. The lowest BCUT2D eigenvalue weighted by Crippen LogP contribution is -2.61. The third-order valence-electron chi connectivity index (χ3n) is 4.68. The van der Waals surface area contributed by atoms with Crippen LogP contribution in [0.5, 0.6) is 0 Å². The summed E-state index contributed by atoms with van der Waals surface area (Å²) in [6.07, 6.45) is 0.599. The lowest BCUT2D eigenvalue weighted by atomic mass is 9.93. The number of hydrogen-bond acceptors (Lipinski definition) is 5. The molecule has 0 aromatic carbocycles. The largest absolute Gasteiger partial charge is 0.447 e. The first-order valence-corrected chi connectivity index (χ1v) is 7.85. The molecular formula is C16H22N4O3. The van der Waals surface area contributed by atoms with E-state index in [2.05, 4.69) is 16.8 Å². The van der Waals surface area contributed by atoms with E-state index in [-0.39, 0.29) is 17.5 Å². The number of hydrogen-bond donors (Lipinski definition) is 0. The van der Waals surface area contributed by atoms with Crippen molar-refractivity contribution >= 4 is 17.8 Å². The average Bonchev–Trinajstić information content (AvgIpc) is 2.91. The van der Waals surface area contributed by atoms with Crippen molar-refractivity contribution in [1.29, 1.82) is 0 Å². The fraction of sp³-hybridized carbons (Fsp3) is 0.562. The van der Waals surface area contributed by atoms with Crippen molar-refractivity contribution in [3.63, 3.8) is 0 Å². The molecule has 0 spiro atoms. The lowest BCUT2D eigenvalue weighted by Gasteiger charge is -2.44. The van der Waals surface area contributed by atoms with E-state index >= 15 is 0 Å². The molecule has 2 saturated heterocycles. The number of anilines is 1. The van der Waals surface area contributed by atoms with Crippen LogP contribution in [0.25, 0.3) is 0 Å². The zero-order valence-electron chi connectivity index (χ0n) is 13.8. The number of aromatic nitrogens is 1. The summed E-state index contributed by atoms with van der Waals surface area (Å²) < 4.78 is 5.25. The van der Waals surface area contributed by atoms with E-state index in [0.717, 1.165) is 12.2 Å². The summed E-state index contributed by atoms with van der Waals surface area (Å²) in [5.41, 5.74) is 0.137. The summed E-state index contributed by atoms with van der Waals surface area (Å²) in [6.45, 7) is 4.44. The van der Waals surface area contributed by atoms with Crippen molar-refractivity contribution < 1.29 is 14.3 Å². The summed E-state index contributed by atoms with van der Waals surface area (Å²) in [6, 6.07) is 5.48. The second kappa shape index (κ2) is 5.72. The van der Waals surface area contributed by atoms with Crippen LogP contribution in [-0.4, -0.2) is 72.7 Å². The van der Waals surface area contributed by atoms with E-state index in [1.807, 2.05) is 17.0 Å². The molecule has 0 radical (unpaired) electrons. The van der Waals surface area contributed by atoms with Crippen molar-refractivity contribution in [2.45, 2.75) is 18.9 Å². The van der Waals surface area contributed by atoms with Gasteiger partial charge in [-0.25, -0.2) is 9.78 Å². The second-order valence-corrected chi connectivity index (χ2v) is 6.29. The molecule has 3 rings (SSSR count). The number of cyclic esters (lactones) is 1. The summed E-state index contributed by atoms with van der Waals surface area (Å²) in [5.74, 6) is 0.652. The highest BCUT2D eigenvalue weighted by Gasteiger charge is 2.49. The van der Waals surface area contributed by atoms with Gasteiger partial charge in [-0.1, -0.05) is 13.0 Å². The van der Waals surface area contributed by atoms with Gasteiger partial charge in [0.15, 0.2) is 0 Å². The van der Waals surface area contributed by atoms with E-state index in [0.29, 0.717) is 31.9 Å². The first kappa shape index (κ1) is 15.6. The quantitative estimate of drug-likeness (QED) is 0.838. The Morgan fingerprint density at radius 1 is 1.39 bits per heavy atom. The van der Waals surface area contributed by atoms with Crippen molar-refractivity contribution in [2.24, 2.45) is 0 Å².